The summed E-state index contributed by atoms with van der Waals surface area (Å²) in [5, 5.41) is 3.87. The van der Waals surface area contributed by atoms with Gasteiger partial charge in [0, 0.05) is 22.4 Å². The van der Waals surface area contributed by atoms with E-state index in [4.69, 9.17) is 0 Å². The van der Waals surface area contributed by atoms with Gasteiger partial charge in [-0.2, -0.15) is 0 Å². The lowest BCUT2D eigenvalue weighted by Gasteiger charge is -2.23. The van der Waals surface area contributed by atoms with Gasteiger partial charge in [-0.05, 0) is 43.5 Å². The Bertz CT molecular complexity index is 724. The summed E-state index contributed by atoms with van der Waals surface area (Å²) < 4.78 is 0. The second kappa shape index (κ2) is 7.31. The number of benzene rings is 2. The van der Waals surface area contributed by atoms with Crippen molar-refractivity contribution in [2.45, 2.75) is 37.3 Å². The topological polar surface area (TPSA) is 32.3 Å². The van der Waals surface area contributed by atoms with Gasteiger partial charge in [0.05, 0.1) is 12.2 Å². The summed E-state index contributed by atoms with van der Waals surface area (Å²) in [6.07, 6.45) is 1.01. The zero-order valence-electron chi connectivity index (χ0n) is 14.5. The minimum Gasteiger partial charge on any atom is -0.376 e. The third-order valence-corrected chi connectivity index (χ3v) is 5.68. The predicted molar refractivity (Wildman–Crippen MR) is 103 cm³/mol. The van der Waals surface area contributed by atoms with Crippen LogP contribution in [0.1, 0.15) is 24.5 Å². The van der Waals surface area contributed by atoms with Gasteiger partial charge in [0.15, 0.2) is 0 Å². The summed E-state index contributed by atoms with van der Waals surface area (Å²) in [5.74, 6) is 0.125. The highest BCUT2D eigenvalue weighted by molar-refractivity contribution is 8.00. The first-order valence-electron chi connectivity index (χ1n) is 8.42. The molecule has 2 aromatic rings. The van der Waals surface area contributed by atoms with Crippen LogP contribution in [0.4, 0.5) is 11.4 Å². The number of rotatable bonds is 3. The molecule has 3 nitrogen and oxygen atoms in total. The van der Waals surface area contributed by atoms with Crippen molar-refractivity contribution >= 4 is 29.0 Å². The summed E-state index contributed by atoms with van der Waals surface area (Å²) >= 11 is 1.86. The van der Waals surface area contributed by atoms with Crippen LogP contribution in [-0.4, -0.2) is 24.2 Å². The Kier molecular flexibility index (Phi) is 5.14. The van der Waals surface area contributed by atoms with Crippen LogP contribution in [0.15, 0.2) is 47.4 Å². The Hall–Kier alpha value is -1.94. The van der Waals surface area contributed by atoms with Crippen molar-refractivity contribution in [1.29, 1.82) is 0 Å². The van der Waals surface area contributed by atoms with Gasteiger partial charge in [0.25, 0.3) is 0 Å². The third kappa shape index (κ3) is 3.59. The summed E-state index contributed by atoms with van der Waals surface area (Å²) in [6.45, 7) is 7.46. The smallest absolute Gasteiger partial charge is 0.246 e. The minimum absolute atomic E-state index is 0.125. The first-order chi connectivity index (χ1) is 11.6. The van der Waals surface area contributed by atoms with E-state index >= 15 is 0 Å². The Morgan fingerprint density at radius 3 is 2.62 bits per heavy atom. The van der Waals surface area contributed by atoms with Gasteiger partial charge in [-0.15, -0.1) is 11.8 Å². The summed E-state index contributed by atoms with van der Waals surface area (Å²) in [4.78, 5) is 16.0. The lowest BCUT2D eigenvalue weighted by Crippen LogP contribution is -2.36. The first-order valence-corrected chi connectivity index (χ1v) is 9.30. The number of hydrogen-bond acceptors (Lipinski definition) is 3. The SMILES string of the molecule is Cc1cccc(C)c1NCC(=O)N1CCC(C)Sc2ccccc21. The molecule has 126 valence electrons. The Balaban J connectivity index is 1.78. The maximum absolute atomic E-state index is 12.9. The zero-order valence-corrected chi connectivity index (χ0v) is 15.3. The highest BCUT2D eigenvalue weighted by Crippen LogP contribution is 2.37. The molecule has 1 aliphatic rings. The Morgan fingerprint density at radius 2 is 1.88 bits per heavy atom. The fraction of sp³-hybridized carbons (Fsp3) is 0.350. The van der Waals surface area contributed by atoms with E-state index in [0.717, 1.165) is 24.3 Å². The van der Waals surface area contributed by atoms with Crippen LogP contribution in [0, 0.1) is 13.8 Å². The maximum atomic E-state index is 12.9. The number of nitrogens with zero attached hydrogens (tertiary/aromatic N) is 1. The number of carbonyl (C=O) groups excluding carboxylic acids is 1. The third-order valence-electron chi connectivity index (χ3n) is 4.44. The van der Waals surface area contributed by atoms with Crippen LogP contribution in [0.2, 0.25) is 0 Å². The van der Waals surface area contributed by atoms with Crippen molar-refractivity contribution in [3.8, 4) is 0 Å². The molecule has 0 saturated heterocycles. The molecule has 1 atom stereocenters. The second-order valence-electron chi connectivity index (χ2n) is 6.35. The molecule has 0 spiro atoms. The molecule has 2 aromatic carbocycles. The number of amides is 1. The molecule has 0 aliphatic carbocycles. The average Bonchev–Trinajstić information content (AvgIpc) is 2.72. The van der Waals surface area contributed by atoms with Crippen molar-refractivity contribution in [2.75, 3.05) is 23.3 Å². The maximum Gasteiger partial charge on any atom is 0.246 e. The monoisotopic (exact) mass is 340 g/mol. The number of hydrogen-bond donors (Lipinski definition) is 1. The Morgan fingerprint density at radius 1 is 1.17 bits per heavy atom. The molecular formula is C20H24N2OS. The van der Waals surface area contributed by atoms with Crippen molar-refractivity contribution in [3.05, 3.63) is 53.6 Å². The van der Waals surface area contributed by atoms with Gasteiger partial charge in [0.2, 0.25) is 5.91 Å². The van der Waals surface area contributed by atoms with Crippen LogP contribution in [0.3, 0.4) is 0 Å². The van der Waals surface area contributed by atoms with Crippen LogP contribution in [0.25, 0.3) is 0 Å². The Labute approximate surface area is 148 Å². The molecule has 0 radical (unpaired) electrons. The van der Waals surface area contributed by atoms with Gasteiger partial charge in [-0.1, -0.05) is 37.3 Å². The number of para-hydroxylation sites is 2. The quantitative estimate of drug-likeness (QED) is 0.884. The van der Waals surface area contributed by atoms with Gasteiger partial charge < -0.3 is 10.2 Å². The number of carbonyl (C=O) groups is 1. The molecule has 4 heteroatoms. The van der Waals surface area contributed by atoms with E-state index in [1.54, 1.807) is 0 Å². The molecule has 1 amide bonds. The van der Waals surface area contributed by atoms with E-state index in [1.165, 1.54) is 16.0 Å². The van der Waals surface area contributed by atoms with Gasteiger partial charge in [-0.25, -0.2) is 0 Å². The van der Waals surface area contributed by atoms with Crippen molar-refractivity contribution in [1.82, 2.24) is 0 Å². The first kappa shape index (κ1) is 16.9. The van der Waals surface area contributed by atoms with Crippen LogP contribution >= 0.6 is 11.8 Å². The van der Waals surface area contributed by atoms with Crippen molar-refractivity contribution in [3.63, 3.8) is 0 Å². The molecular weight excluding hydrogens is 316 g/mol. The number of aryl methyl sites for hydroxylation is 2. The lowest BCUT2D eigenvalue weighted by atomic mass is 10.1. The molecule has 0 saturated carbocycles. The molecule has 0 bridgehead atoms. The number of nitrogens with one attached hydrogen (secondary N) is 1. The highest BCUT2D eigenvalue weighted by atomic mass is 32.2. The number of fused-ring (bicyclic) bond motifs is 1. The second-order valence-corrected chi connectivity index (χ2v) is 7.83. The van der Waals surface area contributed by atoms with Crippen LogP contribution in [-0.2, 0) is 4.79 Å². The molecule has 0 aromatic heterocycles. The largest absolute Gasteiger partial charge is 0.376 e. The van der Waals surface area contributed by atoms with Crippen molar-refractivity contribution < 1.29 is 4.79 Å². The normalized spacial score (nSPS) is 17.1. The summed E-state index contributed by atoms with van der Waals surface area (Å²) in [7, 11) is 0. The lowest BCUT2D eigenvalue weighted by molar-refractivity contribution is -0.117. The average molecular weight is 340 g/mol. The molecule has 1 heterocycles. The number of anilines is 2. The molecule has 3 rings (SSSR count). The fourth-order valence-corrected chi connectivity index (χ4v) is 4.21. The van der Waals surface area contributed by atoms with Crippen LogP contribution in [0.5, 0.6) is 0 Å². The molecule has 0 fully saturated rings. The number of thioether (sulfide) groups is 1. The van der Waals surface area contributed by atoms with Crippen LogP contribution < -0.4 is 10.2 Å². The molecule has 1 unspecified atom stereocenters. The van der Waals surface area contributed by atoms with Gasteiger partial charge in [0.1, 0.15) is 0 Å². The van der Waals surface area contributed by atoms with Gasteiger partial charge in [-0.3, -0.25) is 4.79 Å². The van der Waals surface area contributed by atoms with E-state index in [0.29, 0.717) is 11.8 Å². The van der Waals surface area contributed by atoms with E-state index in [2.05, 4.69) is 50.4 Å². The standard InChI is InChI=1S/C20H24N2OS/c1-14-7-6-8-15(2)20(14)21-13-19(23)22-12-11-16(3)24-18-10-5-4-9-17(18)22/h4-10,16,21H,11-13H2,1-3H3. The van der Waals surface area contributed by atoms with E-state index in [-0.39, 0.29) is 5.91 Å². The summed E-state index contributed by atoms with van der Waals surface area (Å²) in [6, 6.07) is 14.4. The van der Waals surface area contributed by atoms with Crippen molar-refractivity contribution in [2.24, 2.45) is 0 Å². The minimum atomic E-state index is 0.125. The molecule has 1 N–H and O–H groups in total. The van der Waals surface area contributed by atoms with E-state index < -0.39 is 0 Å². The molecule has 1 aliphatic heterocycles. The van der Waals surface area contributed by atoms with E-state index in [9.17, 15) is 4.79 Å². The highest BCUT2D eigenvalue weighted by Gasteiger charge is 2.23. The van der Waals surface area contributed by atoms with Gasteiger partial charge >= 0.3 is 0 Å². The predicted octanol–water partition coefficient (Wildman–Crippen LogP) is 4.63. The summed E-state index contributed by atoms with van der Waals surface area (Å²) in [5.41, 5.74) is 4.45. The fourth-order valence-electron chi connectivity index (χ4n) is 3.10. The molecule has 24 heavy (non-hydrogen) atoms. The van der Waals surface area contributed by atoms with E-state index in [1.807, 2.05) is 34.9 Å². The zero-order chi connectivity index (χ0) is 17.1.